The van der Waals surface area contributed by atoms with Gasteiger partial charge < -0.3 is 9.64 Å². The van der Waals surface area contributed by atoms with Crippen molar-refractivity contribution >= 4 is 16.6 Å². The topological polar surface area (TPSA) is 41.2 Å². The molecule has 2 aromatic rings. The summed E-state index contributed by atoms with van der Waals surface area (Å²) in [6.45, 7) is 1.76. The van der Waals surface area contributed by atoms with Gasteiger partial charge in [-0.1, -0.05) is 0 Å². The molecule has 0 spiro atoms. The van der Waals surface area contributed by atoms with E-state index in [0.717, 1.165) is 31.6 Å². The first-order chi connectivity index (χ1) is 8.34. The Morgan fingerprint density at radius 1 is 1.35 bits per heavy atom. The minimum absolute atomic E-state index is 0.591. The molecule has 17 heavy (non-hydrogen) atoms. The van der Waals surface area contributed by atoms with Crippen LogP contribution < -0.4 is 4.90 Å². The first-order valence-electron chi connectivity index (χ1n) is 6.08. The maximum absolute atomic E-state index is 5.40. The first kappa shape index (κ1) is 10.6. The summed E-state index contributed by atoms with van der Waals surface area (Å²) in [5, 5.41) is 8.20. The van der Waals surface area contributed by atoms with E-state index in [1.807, 2.05) is 6.20 Å². The zero-order chi connectivity index (χ0) is 11.7. The molecule has 0 unspecified atom stereocenters. The predicted molar refractivity (Wildman–Crippen MR) is 68.3 cm³/mol. The largest absolute Gasteiger partial charge is 0.381 e. The molecule has 4 heteroatoms. The number of nitrogens with one attached hydrogen (secondary N) is 1. The summed E-state index contributed by atoms with van der Waals surface area (Å²) in [6, 6.07) is 7.02. The van der Waals surface area contributed by atoms with Gasteiger partial charge in [0, 0.05) is 37.4 Å². The molecule has 1 saturated heterocycles. The molecule has 3 rings (SSSR count). The minimum Gasteiger partial charge on any atom is -0.381 e. The number of rotatable bonds is 2. The number of hydrogen-bond acceptors (Lipinski definition) is 3. The number of anilines is 1. The van der Waals surface area contributed by atoms with Crippen LogP contribution in [0.4, 0.5) is 5.69 Å². The second-order valence-corrected chi connectivity index (χ2v) is 4.60. The van der Waals surface area contributed by atoms with Gasteiger partial charge in [0.15, 0.2) is 0 Å². The summed E-state index contributed by atoms with van der Waals surface area (Å²) in [7, 11) is 2.16. The number of nitrogens with zero attached hydrogens (tertiary/aromatic N) is 2. The lowest BCUT2D eigenvalue weighted by Crippen LogP contribution is -2.36. The highest BCUT2D eigenvalue weighted by atomic mass is 16.5. The zero-order valence-electron chi connectivity index (χ0n) is 10.0. The number of aromatic amines is 1. The van der Waals surface area contributed by atoms with Crippen molar-refractivity contribution in [1.29, 1.82) is 0 Å². The van der Waals surface area contributed by atoms with Crippen LogP contribution in [0.1, 0.15) is 12.8 Å². The van der Waals surface area contributed by atoms with Crippen LogP contribution >= 0.6 is 0 Å². The van der Waals surface area contributed by atoms with Crippen LogP contribution in [0.5, 0.6) is 0 Å². The fourth-order valence-electron chi connectivity index (χ4n) is 2.43. The summed E-state index contributed by atoms with van der Waals surface area (Å²) < 4.78 is 5.40. The van der Waals surface area contributed by atoms with Gasteiger partial charge in [-0.05, 0) is 31.0 Å². The highest BCUT2D eigenvalue weighted by Crippen LogP contribution is 2.24. The van der Waals surface area contributed by atoms with Crippen molar-refractivity contribution in [2.75, 3.05) is 25.2 Å². The average molecular weight is 231 g/mol. The molecule has 0 saturated carbocycles. The fraction of sp³-hybridized carbons (Fsp3) is 0.462. The van der Waals surface area contributed by atoms with Gasteiger partial charge >= 0.3 is 0 Å². The Kier molecular flexibility index (Phi) is 2.73. The molecule has 0 amide bonds. The number of benzene rings is 1. The summed E-state index contributed by atoms with van der Waals surface area (Å²) in [6.07, 6.45) is 4.09. The quantitative estimate of drug-likeness (QED) is 0.861. The van der Waals surface area contributed by atoms with Gasteiger partial charge in [-0.25, -0.2) is 0 Å². The lowest BCUT2D eigenvalue weighted by Gasteiger charge is -2.32. The highest BCUT2D eigenvalue weighted by Gasteiger charge is 2.18. The van der Waals surface area contributed by atoms with E-state index in [4.69, 9.17) is 4.74 Å². The first-order valence-corrected chi connectivity index (χ1v) is 6.08. The molecule has 1 aliphatic rings. The Morgan fingerprint density at radius 3 is 3.00 bits per heavy atom. The van der Waals surface area contributed by atoms with E-state index in [9.17, 15) is 0 Å². The molecule has 0 atom stereocenters. The molecular weight excluding hydrogens is 214 g/mol. The average Bonchev–Trinajstić information content (AvgIpc) is 2.86. The molecule has 1 fully saturated rings. The van der Waals surface area contributed by atoms with Crippen LogP contribution in [0.15, 0.2) is 24.4 Å². The van der Waals surface area contributed by atoms with Crippen LogP contribution in [0.25, 0.3) is 10.9 Å². The minimum atomic E-state index is 0.591. The van der Waals surface area contributed by atoms with Crippen molar-refractivity contribution < 1.29 is 4.74 Å². The number of fused-ring (bicyclic) bond motifs is 1. The van der Waals surface area contributed by atoms with E-state index >= 15 is 0 Å². The number of hydrogen-bond donors (Lipinski definition) is 1. The molecule has 0 aliphatic carbocycles. The standard InChI is InChI=1S/C13H17N3O/c1-16(11-4-6-17-7-5-11)12-2-3-13-10(8-12)9-14-15-13/h2-3,8-9,11H,4-7H2,1H3,(H,14,15). The van der Waals surface area contributed by atoms with Gasteiger partial charge in [0.1, 0.15) is 0 Å². The lowest BCUT2D eigenvalue weighted by molar-refractivity contribution is 0.0855. The van der Waals surface area contributed by atoms with Crippen molar-refractivity contribution in [3.05, 3.63) is 24.4 Å². The van der Waals surface area contributed by atoms with Gasteiger partial charge in [-0.2, -0.15) is 5.10 Å². The maximum Gasteiger partial charge on any atom is 0.0651 e. The van der Waals surface area contributed by atoms with E-state index < -0.39 is 0 Å². The monoisotopic (exact) mass is 231 g/mol. The summed E-state index contributed by atoms with van der Waals surface area (Å²) >= 11 is 0. The van der Waals surface area contributed by atoms with E-state index in [-0.39, 0.29) is 0 Å². The second kappa shape index (κ2) is 4.37. The summed E-state index contributed by atoms with van der Waals surface area (Å²) in [4.78, 5) is 2.36. The number of H-pyrrole nitrogens is 1. The highest BCUT2D eigenvalue weighted by molar-refractivity contribution is 5.82. The maximum atomic E-state index is 5.40. The van der Waals surface area contributed by atoms with Crippen LogP contribution in [-0.2, 0) is 4.74 Å². The Morgan fingerprint density at radius 2 is 2.18 bits per heavy atom. The molecule has 1 aromatic carbocycles. The Balaban J connectivity index is 1.86. The van der Waals surface area contributed by atoms with Gasteiger partial charge in [-0.15, -0.1) is 0 Å². The predicted octanol–water partition coefficient (Wildman–Crippen LogP) is 2.18. The molecule has 1 aliphatic heterocycles. The molecule has 90 valence electrons. The second-order valence-electron chi connectivity index (χ2n) is 4.60. The Bertz CT molecular complexity index is 502. The van der Waals surface area contributed by atoms with Gasteiger partial charge in [-0.3, -0.25) is 5.10 Å². The third-order valence-electron chi connectivity index (χ3n) is 3.57. The molecular formula is C13H17N3O. The van der Waals surface area contributed by atoms with Crippen molar-refractivity contribution in [2.24, 2.45) is 0 Å². The Hall–Kier alpha value is -1.55. The molecule has 2 heterocycles. The lowest BCUT2D eigenvalue weighted by atomic mass is 10.1. The van der Waals surface area contributed by atoms with E-state index in [1.165, 1.54) is 11.1 Å². The number of aromatic nitrogens is 2. The smallest absolute Gasteiger partial charge is 0.0651 e. The third-order valence-corrected chi connectivity index (χ3v) is 3.57. The van der Waals surface area contributed by atoms with Gasteiger partial charge in [0.2, 0.25) is 0 Å². The molecule has 1 N–H and O–H groups in total. The van der Waals surface area contributed by atoms with Crippen LogP contribution in [0.2, 0.25) is 0 Å². The summed E-state index contributed by atoms with van der Waals surface area (Å²) in [5.41, 5.74) is 2.35. The van der Waals surface area contributed by atoms with Gasteiger partial charge in [0.25, 0.3) is 0 Å². The molecule has 0 radical (unpaired) electrons. The third kappa shape index (κ3) is 2.00. The van der Waals surface area contributed by atoms with Crippen LogP contribution in [0.3, 0.4) is 0 Å². The van der Waals surface area contributed by atoms with Crippen molar-refractivity contribution in [1.82, 2.24) is 10.2 Å². The van der Waals surface area contributed by atoms with Crippen LogP contribution in [-0.4, -0.2) is 36.5 Å². The summed E-state index contributed by atoms with van der Waals surface area (Å²) in [5.74, 6) is 0. The fourth-order valence-corrected chi connectivity index (χ4v) is 2.43. The number of ether oxygens (including phenoxy) is 1. The zero-order valence-corrected chi connectivity index (χ0v) is 10.0. The molecule has 4 nitrogen and oxygen atoms in total. The normalized spacial score (nSPS) is 17.5. The Labute approximate surface area is 101 Å². The van der Waals surface area contributed by atoms with Crippen molar-refractivity contribution in [3.63, 3.8) is 0 Å². The van der Waals surface area contributed by atoms with Crippen molar-refractivity contribution in [3.8, 4) is 0 Å². The molecule has 1 aromatic heterocycles. The SMILES string of the molecule is CN(c1ccc2[nH]ncc2c1)C1CCOCC1. The van der Waals surface area contributed by atoms with Gasteiger partial charge in [0.05, 0.1) is 11.7 Å². The van der Waals surface area contributed by atoms with E-state index in [0.29, 0.717) is 6.04 Å². The van der Waals surface area contributed by atoms with E-state index in [1.54, 1.807) is 0 Å². The van der Waals surface area contributed by atoms with Crippen molar-refractivity contribution in [2.45, 2.75) is 18.9 Å². The van der Waals surface area contributed by atoms with E-state index in [2.05, 4.69) is 40.3 Å². The molecule has 0 bridgehead atoms. The van der Waals surface area contributed by atoms with Crippen LogP contribution in [0, 0.1) is 0 Å².